The van der Waals surface area contributed by atoms with Crippen molar-refractivity contribution >= 4 is 65.7 Å². The van der Waals surface area contributed by atoms with Crippen molar-refractivity contribution < 1.29 is 8.83 Å². The van der Waals surface area contributed by atoms with Gasteiger partial charge in [0.1, 0.15) is 22.3 Å². The van der Waals surface area contributed by atoms with E-state index in [0.717, 1.165) is 77.3 Å². The Labute approximate surface area is 290 Å². The molecule has 4 heterocycles. The number of nitrogens with zero attached hydrogens (tertiary/aromatic N) is 4. The molecule has 0 aliphatic rings. The second-order valence-corrected chi connectivity index (χ2v) is 12.8. The van der Waals surface area contributed by atoms with Gasteiger partial charge in [0.15, 0.2) is 17.5 Å². The molecule has 0 saturated carbocycles. The van der Waals surface area contributed by atoms with Crippen molar-refractivity contribution in [1.29, 1.82) is 0 Å². The van der Waals surface area contributed by atoms with Crippen LogP contribution in [0.5, 0.6) is 0 Å². The molecule has 11 rings (SSSR count). The first-order valence-corrected chi connectivity index (χ1v) is 16.9. The summed E-state index contributed by atoms with van der Waals surface area (Å²) in [6.45, 7) is 0. The van der Waals surface area contributed by atoms with E-state index in [1.165, 1.54) is 10.8 Å². The molecule has 238 valence electrons. The first-order chi connectivity index (χ1) is 25.3. The third-order valence-electron chi connectivity index (χ3n) is 9.84. The molecule has 0 aliphatic carbocycles. The topological polar surface area (TPSA) is 69.9 Å². The lowest BCUT2D eigenvalue weighted by Crippen LogP contribution is -2.01. The Kier molecular flexibility index (Phi) is 5.86. The van der Waals surface area contributed by atoms with Crippen molar-refractivity contribution in [3.8, 4) is 39.9 Å². The van der Waals surface area contributed by atoms with Gasteiger partial charge >= 0.3 is 0 Å². The normalized spacial score (nSPS) is 11.9. The summed E-state index contributed by atoms with van der Waals surface area (Å²) >= 11 is 0. The van der Waals surface area contributed by atoms with Gasteiger partial charge in [-0.2, -0.15) is 0 Å². The van der Waals surface area contributed by atoms with Gasteiger partial charge in [-0.3, -0.25) is 0 Å². The average Bonchev–Trinajstić information content (AvgIpc) is 3.86. The van der Waals surface area contributed by atoms with Crippen LogP contribution < -0.4 is 0 Å². The molecule has 0 atom stereocenters. The Balaban J connectivity index is 1.14. The van der Waals surface area contributed by atoms with Crippen molar-refractivity contribution in [2.45, 2.75) is 0 Å². The lowest BCUT2D eigenvalue weighted by atomic mass is 10.1. The molecule has 0 amide bonds. The highest BCUT2D eigenvalue weighted by Crippen LogP contribution is 2.40. The number of hydrogen-bond acceptors (Lipinski definition) is 5. The lowest BCUT2D eigenvalue weighted by molar-refractivity contribution is 0.668. The van der Waals surface area contributed by atoms with E-state index in [4.69, 9.17) is 23.8 Å². The Hall–Kier alpha value is -7.05. The zero-order valence-corrected chi connectivity index (χ0v) is 27.1. The number of para-hydroxylation sites is 3. The smallest absolute Gasteiger partial charge is 0.164 e. The third-order valence-corrected chi connectivity index (χ3v) is 9.84. The third kappa shape index (κ3) is 4.26. The van der Waals surface area contributed by atoms with Crippen LogP contribution in [0.3, 0.4) is 0 Å². The van der Waals surface area contributed by atoms with E-state index < -0.39 is 0 Å². The molecular weight excluding hydrogens is 629 g/mol. The van der Waals surface area contributed by atoms with E-state index >= 15 is 0 Å². The molecule has 0 radical (unpaired) electrons. The molecule has 0 bridgehead atoms. The molecule has 4 aromatic heterocycles. The minimum absolute atomic E-state index is 0.588. The molecule has 51 heavy (non-hydrogen) atoms. The van der Waals surface area contributed by atoms with Gasteiger partial charge in [-0.15, -0.1) is 0 Å². The van der Waals surface area contributed by atoms with Gasteiger partial charge in [-0.25, -0.2) is 15.0 Å². The predicted molar refractivity (Wildman–Crippen MR) is 205 cm³/mol. The molecule has 7 aromatic carbocycles. The fraction of sp³-hybridized carbons (Fsp3) is 0. The zero-order valence-electron chi connectivity index (χ0n) is 27.1. The summed E-state index contributed by atoms with van der Waals surface area (Å²) in [5, 5.41) is 6.59. The molecule has 6 nitrogen and oxygen atoms in total. The lowest BCUT2D eigenvalue weighted by Gasteiger charge is -2.12. The summed E-state index contributed by atoms with van der Waals surface area (Å²) in [5.74, 6) is 1.78. The van der Waals surface area contributed by atoms with Crippen molar-refractivity contribution in [3.05, 3.63) is 158 Å². The van der Waals surface area contributed by atoms with Gasteiger partial charge in [0.2, 0.25) is 0 Å². The summed E-state index contributed by atoms with van der Waals surface area (Å²) in [7, 11) is 0. The number of fused-ring (bicyclic) bond motifs is 9. The summed E-state index contributed by atoms with van der Waals surface area (Å²) in [4.78, 5) is 15.3. The van der Waals surface area contributed by atoms with Gasteiger partial charge in [-0.1, -0.05) is 109 Å². The fourth-order valence-corrected chi connectivity index (χ4v) is 7.55. The average molecular weight is 655 g/mol. The Morgan fingerprint density at radius 3 is 1.86 bits per heavy atom. The van der Waals surface area contributed by atoms with Crippen LogP contribution in [0.1, 0.15) is 0 Å². The molecule has 0 spiro atoms. The van der Waals surface area contributed by atoms with Gasteiger partial charge in [0.25, 0.3) is 0 Å². The highest BCUT2D eigenvalue weighted by molar-refractivity contribution is 6.17. The second-order valence-electron chi connectivity index (χ2n) is 12.8. The summed E-state index contributed by atoms with van der Waals surface area (Å²) in [6.07, 6.45) is 0. The van der Waals surface area contributed by atoms with Crippen LogP contribution in [-0.4, -0.2) is 19.5 Å². The van der Waals surface area contributed by atoms with Crippen LogP contribution in [0.2, 0.25) is 0 Å². The molecular formula is C45H26N4O2. The minimum atomic E-state index is 0.588. The molecule has 0 aliphatic heterocycles. The Morgan fingerprint density at radius 1 is 0.373 bits per heavy atom. The summed E-state index contributed by atoms with van der Waals surface area (Å²) in [6, 6.07) is 53.9. The van der Waals surface area contributed by atoms with Gasteiger partial charge in [0.05, 0.1) is 11.0 Å². The van der Waals surface area contributed by atoms with Crippen LogP contribution in [0.15, 0.2) is 167 Å². The minimum Gasteiger partial charge on any atom is -0.456 e. The standard InChI is InChI=1S/C45H26N4O2/c1-2-12-27(13-3-1)43-46-44(48-45(47-43)33-19-11-23-40-42(33)32-18-6-9-22-39(32)50-40)28-14-10-15-29(24-28)49-36-20-7-4-16-30(36)34-25-35-31-17-5-8-21-38(31)51-41(35)26-37(34)49/h1-26H. The number of benzene rings is 7. The highest BCUT2D eigenvalue weighted by Gasteiger charge is 2.20. The van der Waals surface area contributed by atoms with E-state index in [1.54, 1.807) is 0 Å². The highest BCUT2D eigenvalue weighted by atomic mass is 16.3. The number of hydrogen-bond donors (Lipinski definition) is 0. The van der Waals surface area contributed by atoms with Crippen LogP contribution in [0, 0.1) is 0 Å². The van der Waals surface area contributed by atoms with Crippen LogP contribution in [-0.2, 0) is 0 Å². The molecule has 0 N–H and O–H groups in total. The van der Waals surface area contributed by atoms with E-state index in [1.807, 2.05) is 72.8 Å². The van der Waals surface area contributed by atoms with Crippen molar-refractivity contribution in [2.24, 2.45) is 0 Å². The maximum absolute atomic E-state index is 6.36. The molecule has 0 fully saturated rings. The number of aromatic nitrogens is 4. The van der Waals surface area contributed by atoms with Gasteiger partial charge < -0.3 is 13.4 Å². The SMILES string of the molecule is c1ccc(-c2nc(-c3cccc(-n4c5ccccc5c5cc6c(cc54)oc4ccccc46)c3)nc(-c3cccc4oc5ccccc5c34)n2)cc1. The van der Waals surface area contributed by atoms with Crippen LogP contribution in [0.4, 0.5) is 0 Å². The Morgan fingerprint density at radius 2 is 1.00 bits per heavy atom. The van der Waals surface area contributed by atoms with E-state index in [0.29, 0.717) is 17.5 Å². The number of rotatable bonds is 4. The Bertz CT molecular complexity index is 3150. The summed E-state index contributed by atoms with van der Waals surface area (Å²) < 4.78 is 14.9. The molecule has 0 unspecified atom stereocenters. The van der Waals surface area contributed by atoms with Crippen molar-refractivity contribution in [2.75, 3.05) is 0 Å². The largest absolute Gasteiger partial charge is 0.456 e. The van der Waals surface area contributed by atoms with E-state index in [2.05, 4.69) is 89.5 Å². The second kappa shape index (κ2) is 10.7. The fourth-order valence-electron chi connectivity index (χ4n) is 7.55. The predicted octanol–water partition coefficient (Wildman–Crippen LogP) is 11.8. The maximum atomic E-state index is 6.36. The molecule has 6 heteroatoms. The monoisotopic (exact) mass is 654 g/mol. The number of furan rings is 2. The molecule has 0 saturated heterocycles. The van der Waals surface area contributed by atoms with Crippen molar-refractivity contribution in [1.82, 2.24) is 19.5 Å². The van der Waals surface area contributed by atoms with Gasteiger partial charge in [0, 0.05) is 60.8 Å². The zero-order chi connectivity index (χ0) is 33.5. The van der Waals surface area contributed by atoms with Crippen LogP contribution >= 0.6 is 0 Å². The summed E-state index contributed by atoms with van der Waals surface area (Å²) in [5.41, 5.74) is 9.25. The molecule has 11 aromatic rings. The van der Waals surface area contributed by atoms with E-state index in [-0.39, 0.29) is 0 Å². The van der Waals surface area contributed by atoms with E-state index in [9.17, 15) is 0 Å². The first-order valence-electron chi connectivity index (χ1n) is 16.9. The maximum Gasteiger partial charge on any atom is 0.164 e. The van der Waals surface area contributed by atoms with Gasteiger partial charge in [-0.05, 0) is 42.5 Å². The quantitative estimate of drug-likeness (QED) is 0.189. The van der Waals surface area contributed by atoms with Crippen LogP contribution in [0.25, 0.3) is 106 Å². The van der Waals surface area contributed by atoms with Crippen molar-refractivity contribution in [3.63, 3.8) is 0 Å². The first kappa shape index (κ1) is 27.9.